The molecule has 0 saturated carbocycles. The van der Waals surface area contributed by atoms with Crippen molar-refractivity contribution in [3.05, 3.63) is 59.4 Å². The number of hydrogen-bond donors (Lipinski definition) is 0. The number of nitrogens with zero attached hydrogens (tertiary/aromatic N) is 1. The molecule has 2 rings (SSSR count). The molecule has 0 spiro atoms. The van der Waals surface area contributed by atoms with E-state index in [1.54, 1.807) is 49.6 Å². The fourth-order valence-corrected chi connectivity index (χ4v) is 2.17. The molecule has 0 atom stereocenters. The normalized spacial score (nSPS) is 11.2. The molecule has 4 heteroatoms. The van der Waals surface area contributed by atoms with Crippen LogP contribution in [0.1, 0.15) is 25.0 Å². The van der Waals surface area contributed by atoms with Gasteiger partial charge in [-0.3, -0.25) is 0 Å². The highest BCUT2D eigenvalue weighted by Gasteiger charge is 2.13. The van der Waals surface area contributed by atoms with Gasteiger partial charge in [-0.05, 0) is 32.1 Å². The SMILES string of the molecule is COc1cccc(C=C(C#N)c2ccccc2F)c1OC(C)C. The van der Waals surface area contributed by atoms with E-state index in [-0.39, 0.29) is 17.2 Å². The average Bonchev–Trinajstić information content (AvgIpc) is 2.54. The van der Waals surface area contributed by atoms with Crippen LogP contribution in [0.15, 0.2) is 42.5 Å². The predicted molar refractivity (Wildman–Crippen MR) is 88.6 cm³/mol. The van der Waals surface area contributed by atoms with Crippen LogP contribution in [0.5, 0.6) is 11.5 Å². The number of benzene rings is 2. The van der Waals surface area contributed by atoms with Gasteiger partial charge in [0, 0.05) is 11.1 Å². The minimum absolute atomic E-state index is 0.0579. The minimum atomic E-state index is -0.436. The summed E-state index contributed by atoms with van der Waals surface area (Å²) in [5.41, 5.74) is 1.15. The number of rotatable bonds is 5. The Balaban J connectivity index is 2.57. The van der Waals surface area contributed by atoms with Gasteiger partial charge in [-0.1, -0.05) is 30.3 Å². The van der Waals surface area contributed by atoms with Crippen LogP contribution >= 0.6 is 0 Å². The fourth-order valence-electron chi connectivity index (χ4n) is 2.17. The van der Waals surface area contributed by atoms with Crippen molar-refractivity contribution in [2.45, 2.75) is 20.0 Å². The van der Waals surface area contributed by atoms with E-state index in [1.807, 2.05) is 13.8 Å². The molecule has 0 heterocycles. The first-order valence-electron chi connectivity index (χ1n) is 7.27. The molecule has 0 N–H and O–H groups in total. The Hall–Kier alpha value is -2.80. The summed E-state index contributed by atoms with van der Waals surface area (Å²) >= 11 is 0. The molecule has 0 amide bonds. The summed E-state index contributed by atoms with van der Waals surface area (Å²) in [5, 5.41) is 9.41. The van der Waals surface area contributed by atoms with E-state index in [0.717, 1.165) is 0 Å². The van der Waals surface area contributed by atoms with Gasteiger partial charge >= 0.3 is 0 Å². The summed E-state index contributed by atoms with van der Waals surface area (Å²) in [6.07, 6.45) is 1.55. The van der Waals surface area contributed by atoms with Gasteiger partial charge in [0.15, 0.2) is 11.5 Å². The van der Waals surface area contributed by atoms with Gasteiger partial charge in [0.1, 0.15) is 5.82 Å². The molecule has 0 unspecified atom stereocenters. The van der Waals surface area contributed by atoms with E-state index >= 15 is 0 Å². The van der Waals surface area contributed by atoms with Crippen LogP contribution < -0.4 is 9.47 Å². The highest BCUT2D eigenvalue weighted by atomic mass is 19.1. The maximum atomic E-state index is 13.9. The van der Waals surface area contributed by atoms with Gasteiger partial charge in [-0.25, -0.2) is 4.39 Å². The van der Waals surface area contributed by atoms with Gasteiger partial charge in [-0.2, -0.15) is 5.26 Å². The Morgan fingerprint density at radius 3 is 2.52 bits per heavy atom. The van der Waals surface area contributed by atoms with E-state index in [0.29, 0.717) is 17.1 Å². The van der Waals surface area contributed by atoms with Crippen LogP contribution in [0.2, 0.25) is 0 Å². The molecular weight excluding hydrogens is 293 g/mol. The van der Waals surface area contributed by atoms with Crippen molar-refractivity contribution in [3.8, 4) is 17.6 Å². The van der Waals surface area contributed by atoms with Crippen molar-refractivity contribution in [1.29, 1.82) is 5.26 Å². The monoisotopic (exact) mass is 311 g/mol. The highest BCUT2D eigenvalue weighted by Crippen LogP contribution is 2.34. The van der Waals surface area contributed by atoms with E-state index in [1.165, 1.54) is 6.07 Å². The molecule has 23 heavy (non-hydrogen) atoms. The molecule has 0 aliphatic carbocycles. The Labute approximate surface area is 135 Å². The van der Waals surface area contributed by atoms with Crippen LogP contribution in [-0.4, -0.2) is 13.2 Å². The maximum Gasteiger partial charge on any atom is 0.168 e. The lowest BCUT2D eigenvalue weighted by Crippen LogP contribution is -2.08. The van der Waals surface area contributed by atoms with Gasteiger partial charge in [0.2, 0.25) is 0 Å². The van der Waals surface area contributed by atoms with Crippen molar-refractivity contribution in [1.82, 2.24) is 0 Å². The molecule has 0 fully saturated rings. The minimum Gasteiger partial charge on any atom is -0.493 e. The largest absolute Gasteiger partial charge is 0.493 e. The highest BCUT2D eigenvalue weighted by molar-refractivity contribution is 5.91. The number of hydrogen-bond acceptors (Lipinski definition) is 3. The third kappa shape index (κ3) is 3.89. The number of methoxy groups -OCH3 is 1. The molecule has 0 aliphatic heterocycles. The number of nitriles is 1. The second kappa shape index (κ2) is 7.46. The zero-order chi connectivity index (χ0) is 16.8. The Kier molecular flexibility index (Phi) is 5.37. The van der Waals surface area contributed by atoms with Crippen molar-refractivity contribution < 1.29 is 13.9 Å². The van der Waals surface area contributed by atoms with Crippen LogP contribution in [0.3, 0.4) is 0 Å². The molecular formula is C19H18FNO2. The zero-order valence-corrected chi connectivity index (χ0v) is 13.3. The lowest BCUT2D eigenvalue weighted by molar-refractivity contribution is 0.229. The number of allylic oxidation sites excluding steroid dienone is 1. The van der Waals surface area contributed by atoms with E-state index < -0.39 is 5.82 Å². The third-order valence-electron chi connectivity index (χ3n) is 3.17. The molecule has 0 saturated heterocycles. The molecule has 0 bridgehead atoms. The molecule has 0 aliphatic rings. The number of halogens is 1. The van der Waals surface area contributed by atoms with Crippen molar-refractivity contribution >= 4 is 11.6 Å². The van der Waals surface area contributed by atoms with Crippen LogP contribution in [0.25, 0.3) is 11.6 Å². The first-order valence-corrected chi connectivity index (χ1v) is 7.27. The topological polar surface area (TPSA) is 42.2 Å². The summed E-state index contributed by atoms with van der Waals surface area (Å²) in [6.45, 7) is 3.81. The average molecular weight is 311 g/mol. The molecule has 0 aromatic heterocycles. The Morgan fingerprint density at radius 1 is 1.17 bits per heavy atom. The van der Waals surface area contributed by atoms with Crippen molar-refractivity contribution in [3.63, 3.8) is 0 Å². The quantitative estimate of drug-likeness (QED) is 0.594. The fraction of sp³-hybridized carbons (Fsp3) is 0.211. The summed E-state index contributed by atoms with van der Waals surface area (Å²) in [4.78, 5) is 0. The summed E-state index contributed by atoms with van der Waals surface area (Å²) in [7, 11) is 1.55. The standard InChI is InChI=1S/C19H18FNO2/c1-13(2)23-19-14(7-6-10-18(19)22-3)11-15(12-21)16-8-4-5-9-17(16)20/h4-11,13H,1-3H3. The number of para-hydroxylation sites is 1. The van der Waals surface area contributed by atoms with Gasteiger partial charge < -0.3 is 9.47 Å². The molecule has 3 nitrogen and oxygen atoms in total. The van der Waals surface area contributed by atoms with Crippen LogP contribution in [0, 0.1) is 17.1 Å². The maximum absolute atomic E-state index is 13.9. The van der Waals surface area contributed by atoms with Crippen LogP contribution in [0.4, 0.5) is 4.39 Å². The second-order valence-corrected chi connectivity index (χ2v) is 5.19. The molecule has 118 valence electrons. The first-order chi connectivity index (χ1) is 11.1. The molecule has 2 aromatic rings. The van der Waals surface area contributed by atoms with Crippen LogP contribution in [-0.2, 0) is 0 Å². The Morgan fingerprint density at radius 2 is 1.91 bits per heavy atom. The molecule has 0 radical (unpaired) electrons. The smallest absolute Gasteiger partial charge is 0.168 e. The number of ether oxygens (including phenoxy) is 2. The summed E-state index contributed by atoms with van der Waals surface area (Å²) < 4.78 is 25.1. The lowest BCUT2D eigenvalue weighted by atomic mass is 10.0. The van der Waals surface area contributed by atoms with Gasteiger partial charge in [0.05, 0.1) is 24.9 Å². The van der Waals surface area contributed by atoms with E-state index in [2.05, 4.69) is 6.07 Å². The van der Waals surface area contributed by atoms with E-state index in [9.17, 15) is 9.65 Å². The second-order valence-electron chi connectivity index (χ2n) is 5.19. The van der Waals surface area contributed by atoms with Gasteiger partial charge in [0.25, 0.3) is 0 Å². The van der Waals surface area contributed by atoms with E-state index in [4.69, 9.17) is 9.47 Å². The zero-order valence-electron chi connectivity index (χ0n) is 13.3. The third-order valence-corrected chi connectivity index (χ3v) is 3.17. The lowest BCUT2D eigenvalue weighted by Gasteiger charge is -2.16. The summed E-state index contributed by atoms with van der Waals surface area (Å²) in [6, 6.07) is 13.6. The first kappa shape index (κ1) is 16.6. The predicted octanol–water partition coefficient (Wildman–Crippen LogP) is 4.69. The van der Waals surface area contributed by atoms with Gasteiger partial charge in [-0.15, -0.1) is 0 Å². The Bertz CT molecular complexity index is 760. The summed E-state index contributed by atoms with van der Waals surface area (Å²) in [5.74, 6) is 0.668. The van der Waals surface area contributed by atoms with Crippen molar-refractivity contribution in [2.24, 2.45) is 0 Å². The van der Waals surface area contributed by atoms with Crippen molar-refractivity contribution in [2.75, 3.05) is 7.11 Å². The molecule has 2 aromatic carbocycles.